The van der Waals surface area contributed by atoms with Crippen LogP contribution in [-0.2, 0) is 6.18 Å². The maximum atomic E-state index is 12.9. The summed E-state index contributed by atoms with van der Waals surface area (Å²) in [6, 6.07) is 4.00. The summed E-state index contributed by atoms with van der Waals surface area (Å²) in [4.78, 5) is 19.0. The minimum absolute atomic E-state index is 0.346. The van der Waals surface area contributed by atoms with E-state index in [2.05, 4.69) is 15.0 Å². The minimum Gasteiger partial charge on any atom is -0.363 e. The number of hydrogen-bond donors (Lipinski definition) is 0. The van der Waals surface area contributed by atoms with E-state index in [1.165, 1.54) is 6.20 Å². The van der Waals surface area contributed by atoms with Gasteiger partial charge in [0.15, 0.2) is 0 Å². The SMILES string of the molecule is Cc1cc(N(C)C)nc(N2CCN(c3cc(C(F)(F)F)ccn3)CC2)n1. The molecule has 0 radical (unpaired) electrons. The highest BCUT2D eigenvalue weighted by Crippen LogP contribution is 2.31. The molecule has 2 aromatic heterocycles. The van der Waals surface area contributed by atoms with Gasteiger partial charge in [-0.25, -0.2) is 9.97 Å². The van der Waals surface area contributed by atoms with Crippen molar-refractivity contribution in [2.75, 3.05) is 55.0 Å². The minimum atomic E-state index is -4.36. The molecule has 26 heavy (non-hydrogen) atoms. The summed E-state index contributed by atoms with van der Waals surface area (Å²) < 4.78 is 38.7. The first-order chi connectivity index (χ1) is 12.2. The van der Waals surface area contributed by atoms with E-state index in [0.717, 1.165) is 23.6 Å². The van der Waals surface area contributed by atoms with Gasteiger partial charge in [-0.3, -0.25) is 0 Å². The fourth-order valence-electron chi connectivity index (χ4n) is 2.81. The van der Waals surface area contributed by atoms with Crippen molar-refractivity contribution in [2.24, 2.45) is 0 Å². The van der Waals surface area contributed by atoms with Crippen LogP contribution in [0, 0.1) is 6.92 Å². The van der Waals surface area contributed by atoms with Gasteiger partial charge in [-0.05, 0) is 19.1 Å². The van der Waals surface area contributed by atoms with Crippen molar-refractivity contribution in [3.8, 4) is 0 Å². The third-order valence-corrected chi connectivity index (χ3v) is 4.25. The van der Waals surface area contributed by atoms with Gasteiger partial charge in [0.1, 0.15) is 11.6 Å². The Bertz CT molecular complexity index is 769. The van der Waals surface area contributed by atoms with E-state index in [0.29, 0.717) is 37.9 Å². The van der Waals surface area contributed by atoms with Gasteiger partial charge in [0, 0.05) is 58.2 Å². The van der Waals surface area contributed by atoms with Gasteiger partial charge in [0.05, 0.1) is 5.56 Å². The lowest BCUT2D eigenvalue weighted by molar-refractivity contribution is -0.137. The number of aryl methyl sites for hydroxylation is 1. The van der Waals surface area contributed by atoms with Crippen molar-refractivity contribution in [3.05, 3.63) is 35.7 Å². The Morgan fingerprint density at radius 2 is 1.65 bits per heavy atom. The molecular formula is C17H21F3N6. The second-order valence-electron chi connectivity index (χ2n) is 6.44. The third kappa shape index (κ3) is 3.97. The number of anilines is 3. The molecule has 2 aromatic rings. The van der Waals surface area contributed by atoms with E-state index in [1.807, 2.05) is 41.8 Å². The van der Waals surface area contributed by atoms with Gasteiger partial charge < -0.3 is 14.7 Å². The zero-order chi connectivity index (χ0) is 18.9. The largest absolute Gasteiger partial charge is 0.416 e. The molecule has 9 heteroatoms. The topological polar surface area (TPSA) is 48.4 Å². The molecule has 140 valence electrons. The Hall–Kier alpha value is -2.58. The number of alkyl halides is 3. The lowest BCUT2D eigenvalue weighted by atomic mass is 10.2. The molecule has 6 nitrogen and oxygen atoms in total. The quantitative estimate of drug-likeness (QED) is 0.832. The molecule has 0 spiro atoms. The molecule has 1 saturated heterocycles. The van der Waals surface area contributed by atoms with Gasteiger partial charge >= 0.3 is 6.18 Å². The van der Waals surface area contributed by atoms with Gasteiger partial charge in [-0.1, -0.05) is 0 Å². The van der Waals surface area contributed by atoms with Crippen LogP contribution >= 0.6 is 0 Å². The summed E-state index contributed by atoms with van der Waals surface area (Å²) in [7, 11) is 3.84. The van der Waals surface area contributed by atoms with E-state index in [-0.39, 0.29) is 0 Å². The number of piperazine rings is 1. The fraction of sp³-hybridized carbons (Fsp3) is 0.471. The number of hydrogen-bond acceptors (Lipinski definition) is 6. The molecule has 0 unspecified atom stereocenters. The molecule has 0 aromatic carbocycles. The first kappa shape index (κ1) is 18.2. The fourth-order valence-corrected chi connectivity index (χ4v) is 2.81. The third-order valence-electron chi connectivity index (χ3n) is 4.25. The van der Waals surface area contributed by atoms with Crippen LogP contribution in [0.3, 0.4) is 0 Å². The highest BCUT2D eigenvalue weighted by molar-refractivity contribution is 5.48. The van der Waals surface area contributed by atoms with Crippen LogP contribution in [0.2, 0.25) is 0 Å². The molecule has 0 aliphatic carbocycles. The summed E-state index contributed by atoms with van der Waals surface area (Å²) >= 11 is 0. The predicted molar refractivity (Wildman–Crippen MR) is 94.8 cm³/mol. The van der Waals surface area contributed by atoms with Crippen LogP contribution in [0.5, 0.6) is 0 Å². The van der Waals surface area contributed by atoms with Crippen LogP contribution in [-0.4, -0.2) is 55.2 Å². The highest BCUT2D eigenvalue weighted by atomic mass is 19.4. The second-order valence-corrected chi connectivity index (χ2v) is 6.44. The van der Waals surface area contributed by atoms with Crippen LogP contribution in [0.4, 0.5) is 30.8 Å². The normalized spacial score (nSPS) is 15.3. The Balaban J connectivity index is 1.72. The Morgan fingerprint density at radius 1 is 1.00 bits per heavy atom. The lowest BCUT2D eigenvalue weighted by Crippen LogP contribution is -2.47. The standard InChI is InChI=1S/C17H21F3N6/c1-12-10-15(24(2)3)23-16(22-12)26-8-6-25(7-9-26)14-11-13(4-5-21-14)17(18,19)20/h4-5,10-11H,6-9H2,1-3H3. The summed E-state index contributed by atoms with van der Waals surface area (Å²) in [6.07, 6.45) is -3.16. The Labute approximate surface area is 150 Å². The number of aromatic nitrogens is 3. The number of halogens is 3. The molecule has 0 amide bonds. The zero-order valence-electron chi connectivity index (χ0n) is 15.0. The van der Waals surface area contributed by atoms with Crippen molar-refractivity contribution >= 4 is 17.6 Å². The van der Waals surface area contributed by atoms with Crippen molar-refractivity contribution in [1.82, 2.24) is 15.0 Å². The maximum absolute atomic E-state index is 12.9. The molecule has 0 bridgehead atoms. The van der Waals surface area contributed by atoms with Gasteiger partial charge in [-0.15, -0.1) is 0 Å². The Morgan fingerprint density at radius 3 is 2.27 bits per heavy atom. The van der Waals surface area contributed by atoms with Crippen LogP contribution in [0.15, 0.2) is 24.4 Å². The second kappa shape index (κ2) is 6.97. The maximum Gasteiger partial charge on any atom is 0.416 e. The molecule has 3 rings (SSSR count). The van der Waals surface area contributed by atoms with Crippen LogP contribution in [0.25, 0.3) is 0 Å². The molecule has 0 saturated carbocycles. The van der Waals surface area contributed by atoms with E-state index >= 15 is 0 Å². The van der Waals surface area contributed by atoms with Crippen molar-refractivity contribution in [3.63, 3.8) is 0 Å². The molecule has 0 atom stereocenters. The molecule has 1 aliphatic rings. The van der Waals surface area contributed by atoms with E-state index in [9.17, 15) is 13.2 Å². The van der Waals surface area contributed by atoms with E-state index in [4.69, 9.17) is 0 Å². The first-order valence-electron chi connectivity index (χ1n) is 8.30. The molecular weight excluding hydrogens is 345 g/mol. The monoisotopic (exact) mass is 366 g/mol. The lowest BCUT2D eigenvalue weighted by Gasteiger charge is -2.35. The summed E-state index contributed by atoms with van der Waals surface area (Å²) in [5.41, 5.74) is 0.197. The summed E-state index contributed by atoms with van der Waals surface area (Å²) in [5.74, 6) is 1.82. The number of nitrogens with zero attached hydrogens (tertiary/aromatic N) is 6. The zero-order valence-corrected chi connectivity index (χ0v) is 15.0. The van der Waals surface area contributed by atoms with E-state index < -0.39 is 11.7 Å². The molecule has 1 fully saturated rings. The number of pyridine rings is 1. The van der Waals surface area contributed by atoms with Gasteiger partial charge in [0.25, 0.3) is 0 Å². The summed E-state index contributed by atoms with van der Waals surface area (Å²) in [5, 5.41) is 0. The van der Waals surface area contributed by atoms with Crippen molar-refractivity contribution in [2.45, 2.75) is 13.1 Å². The first-order valence-corrected chi connectivity index (χ1v) is 8.30. The van der Waals surface area contributed by atoms with Crippen molar-refractivity contribution in [1.29, 1.82) is 0 Å². The smallest absolute Gasteiger partial charge is 0.363 e. The summed E-state index contributed by atoms with van der Waals surface area (Å²) in [6.45, 7) is 4.27. The molecule has 0 N–H and O–H groups in total. The molecule has 3 heterocycles. The highest BCUT2D eigenvalue weighted by Gasteiger charge is 2.31. The van der Waals surface area contributed by atoms with Crippen LogP contribution in [0.1, 0.15) is 11.3 Å². The predicted octanol–water partition coefficient (Wildman–Crippen LogP) is 2.59. The number of rotatable bonds is 3. The van der Waals surface area contributed by atoms with Gasteiger partial charge in [-0.2, -0.15) is 18.2 Å². The van der Waals surface area contributed by atoms with E-state index in [1.54, 1.807) is 0 Å². The Kier molecular flexibility index (Phi) is 4.88. The average Bonchev–Trinajstić information content (AvgIpc) is 2.61. The molecule has 1 aliphatic heterocycles. The van der Waals surface area contributed by atoms with Crippen LogP contribution < -0.4 is 14.7 Å². The average molecular weight is 366 g/mol. The van der Waals surface area contributed by atoms with Crippen molar-refractivity contribution < 1.29 is 13.2 Å². The van der Waals surface area contributed by atoms with Gasteiger partial charge in [0.2, 0.25) is 5.95 Å².